The number of hydrogen-bond acceptors (Lipinski definition) is 2. The highest BCUT2D eigenvalue weighted by molar-refractivity contribution is 5.82. The normalized spacial score (nSPS) is 18.7. The van der Waals surface area contributed by atoms with Gasteiger partial charge in [-0.2, -0.15) is 0 Å². The summed E-state index contributed by atoms with van der Waals surface area (Å²) in [5, 5.41) is 2.90. The van der Waals surface area contributed by atoms with Gasteiger partial charge in [0.05, 0.1) is 0 Å². The maximum absolute atomic E-state index is 13.5. The zero-order chi connectivity index (χ0) is 16.2. The van der Waals surface area contributed by atoms with Crippen LogP contribution in [0.2, 0.25) is 0 Å². The van der Waals surface area contributed by atoms with Gasteiger partial charge in [-0.05, 0) is 43.7 Å². The second-order valence-electron chi connectivity index (χ2n) is 6.51. The van der Waals surface area contributed by atoms with Gasteiger partial charge in [0.15, 0.2) is 0 Å². The highest BCUT2D eigenvalue weighted by Gasteiger charge is 2.35. The first-order valence-corrected chi connectivity index (χ1v) is 8.45. The molecule has 1 aliphatic heterocycles. The van der Waals surface area contributed by atoms with E-state index in [0.29, 0.717) is 31.6 Å². The number of nitrogens with one attached hydrogen (secondary N) is 1. The van der Waals surface area contributed by atoms with Gasteiger partial charge in [-0.15, -0.1) is 0 Å². The minimum atomic E-state index is -0.228. The van der Waals surface area contributed by atoms with Crippen LogP contribution in [0.15, 0.2) is 24.3 Å². The van der Waals surface area contributed by atoms with Crippen LogP contribution in [-0.4, -0.2) is 36.3 Å². The van der Waals surface area contributed by atoms with Gasteiger partial charge < -0.3 is 10.2 Å². The lowest BCUT2D eigenvalue weighted by atomic mass is 9.95. The minimum absolute atomic E-state index is 0.0276. The Bertz CT molecular complexity index is 578. The Morgan fingerprint density at radius 2 is 1.78 bits per heavy atom. The fourth-order valence-corrected chi connectivity index (χ4v) is 3.12. The molecule has 1 aromatic carbocycles. The van der Waals surface area contributed by atoms with Gasteiger partial charge in [-0.1, -0.05) is 18.2 Å². The van der Waals surface area contributed by atoms with Gasteiger partial charge in [-0.3, -0.25) is 9.59 Å². The Labute approximate surface area is 136 Å². The van der Waals surface area contributed by atoms with Gasteiger partial charge in [0, 0.05) is 31.5 Å². The van der Waals surface area contributed by atoms with E-state index in [4.69, 9.17) is 0 Å². The molecule has 124 valence electrons. The first kappa shape index (κ1) is 16.0. The molecule has 2 amide bonds. The predicted molar refractivity (Wildman–Crippen MR) is 85.1 cm³/mol. The topological polar surface area (TPSA) is 49.4 Å². The lowest BCUT2D eigenvalue weighted by Gasteiger charge is -2.31. The first-order chi connectivity index (χ1) is 11.1. The van der Waals surface area contributed by atoms with Crippen molar-refractivity contribution in [2.75, 3.05) is 19.6 Å². The molecule has 1 aromatic rings. The molecular weight excluding hydrogens is 295 g/mol. The van der Waals surface area contributed by atoms with Crippen molar-refractivity contribution in [3.05, 3.63) is 35.6 Å². The maximum atomic E-state index is 13.5. The smallest absolute Gasteiger partial charge is 0.225 e. The van der Waals surface area contributed by atoms with Crippen molar-refractivity contribution in [3.8, 4) is 0 Å². The Morgan fingerprint density at radius 3 is 2.43 bits per heavy atom. The second-order valence-corrected chi connectivity index (χ2v) is 6.51. The van der Waals surface area contributed by atoms with Crippen LogP contribution in [-0.2, 0) is 16.0 Å². The van der Waals surface area contributed by atoms with Gasteiger partial charge in [-0.25, -0.2) is 4.39 Å². The van der Waals surface area contributed by atoms with Crippen LogP contribution in [0.4, 0.5) is 4.39 Å². The molecular formula is C18H23FN2O2. The molecule has 5 heteroatoms. The Kier molecular flexibility index (Phi) is 4.94. The summed E-state index contributed by atoms with van der Waals surface area (Å²) in [6, 6.07) is 6.63. The van der Waals surface area contributed by atoms with Crippen LogP contribution in [0.1, 0.15) is 31.2 Å². The molecule has 1 N–H and O–H groups in total. The van der Waals surface area contributed by atoms with Crippen LogP contribution < -0.4 is 5.32 Å². The summed E-state index contributed by atoms with van der Waals surface area (Å²) in [5.41, 5.74) is 0.623. The van der Waals surface area contributed by atoms with E-state index in [1.54, 1.807) is 18.2 Å². The molecule has 0 radical (unpaired) electrons. The molecule has 4 nitrogen and oxygen atoms in total. The van der Waals surface area contributed by atoms with Crippen LogP contribution >= 0.6 is 0 Å². The molecule has 0 spiro atoms. The quantitative estimate of drug-likeness (QED) is 0.904. The van der Waals surface area contributed by atoms with E-state index >= 15 is 0 Å². The van der Waals surface area contributed by atoms with Crippen molar-refractivity contribution in [1.29, 1.82) is 0 Å². The average Bonchev–Trinajstić information content (AvgIpc) is 3.41. The van der Waals surface area contributed by atoms with E-state index in [0.717, 1.165) is 25.7 Å². The van der Waals surface area contributed by atoms with E-state index < -0.39 is 0 Å². The Hall–Kier alpha value is -1.91. The summed E-state index contributed by atoms with van der Waals surface area (Å²) in [6.07, 6.45) is 4.00. The van der Waals surface area contributed by atoms with Gasteiger partial charge in [0.25, 0.3) is 0 Å². The van der Waals surface area contributed by atoms with Crippen molar-refractivity contribution in [2.45, 2.75) is 32.1 Å². The van der Waals surface area contributed by atoms with E-state index in [-0.39, 0.29) is 29.5 Å². The standard InChI is InChI=1S/C18H23FN2O2/c19-16-4-2-1-3-13(16)7-10-20-17(22)14-8-11-21(12-9-14)18(23)15-5-6-15/h1-4,14-15H,5-12H2,(H,20,22). The molecule has 1 saturated carbocycles. The molecule has 3 rings (SSSR count). The van der Waals surface area contributed by atoms with Crippen LogP contribution in [0.25, 0.3) is 0 Å². The van der Waals surface area contributed by atoms with Crippen molar-refractivity contribution in [2.24, 2.45) is 11.8 Å². The second kappa shape index (κ2) is 7.11. The molecule has 2 aliphatic rings. The number of piperidine rings is 1. The molecule has 0 unspecified atom stereocenters. The molecule has 1 aliphatic carbocycles. The number of amides is 2. The molecule has 23 heavy (non-hydrogen) atoms. The number of rotatable bonds is 5. The SMILES string of the molecule is O=C(NCCc1ccccc1F)C1CCN(C(=O)C2CC2)CC1. The number of halogens is 1. The zero-order valence-electron chi connectivity index (χ0n) is 13.3. The molecule has 1 saturated heterocycles. The van der Waals surface area contributed by atoms with Crippen molar-refractivity contribution in [3.63, 3.8) is 0 Å². The highest BCUT2D eigenvalue weighted by atomic mass is 19.1. The zero-order valence-corrected chi connectivity index (χ0v) is 13.3. The summed E-state index contributed by atoms with van der Waals surface area (Å²) < 4.78 is 13.5. The monoisotopic (exact) mass is 318 g/mol. The number of hydrogen-bond donors (Lipinski definition) is 1. The van der Waals surface area contributed by atoms with Crippen molar-refractivity contribution in [1.82, 2.24) is 10.2 Å². The van der Waals surface area contributed by atoms with Crippen LogP contribution in [0.5, 0.6) is 0 Å². The Balaban J connectivity index is 1.39. The Morgan fingerprint density at radius 1 is 1.09 bits per heavy atom. The minimum Gasteiger partial charge on any atom is -0.356 e. The number of likely N-dealkylation sites (tertiary alicyclic amines) is 1. The summed E-state index contributed by atoms with van der Waals surface area (Å²) in [4.78, 5) is 26.1. The summed E-state index contributed by atoms with van der Waals surface area (Å²) in [5.74, 6) is 0.289. The summed E-state index contributed by atoms with van der Waals surface area (Å²) in [6.45, 7) is 1.81. The van der Waals surface area contributed by atoms with Crippen LogP contribution in [0, 0.1) is 17.7 Å². The lowest BCUT2D eigenvalue weighted by molar-refractivity contribution is -0.136. The van der Waals surface area contributed by atoms with Gasteiger partial charge in [0.1, 0.15) is 5.82 Å². The largest absolute Gasteiger partial charge is 0.356 e. The fourth-order valence-electron chi connectivity index (χ4n) is 3.12. The van der Waals surface area contributed by atoms with Crippen molar-refractivity contribution < 1.29 is 14.0 Å². The number of carbonyl (C=O) groups is 2. The molecule has 2 fully saturated rings. The number of carbonyl (C=O) groups excluding carboxylic acids is 2. The average molecular weight is 318 g/mol. The van der Waals surface area contributed by atoms with E-state index in [1.165, 1.54) is 6.07 Å². The molecule has 0 atom stereocenters. The molecule has 0 bridgehead atoms. The van der Waals surface area contributed by atoms with E-state index in [9.17, 15) is 14.0 Å². The predicted octanol–water partition coefficient (Wildman–Crippen LogP) is 2.13. The third-order valence-electron chi connectivity index (χ3n) is 4.76. The first-order valence-electron chi connectivity index (χ1n) is 8.45. The highest BCUT2D eigenvalue weighted by Crippen LogP contribution is 2.32. The lowest BCUT2D eigenvalue weighted by Crippen LogP contribution is -2.43. The van der Waals surface area contributed by atoms with E-state index in [2.05, 4.69) is 5.32 Å². The number of benzene rings is 1. The molecule has 1 heterocycles. The van der Waals surface area contributed by atoms with Gasteiger partial charge >= 0.3 is 0 Å². The third-order valence-corrected chi connectivity index (χ3v) is 4.76. The third kappa shape index (κ3) is 4.09. The summed E-state index contributed by atoms with van der Waals surface area (Å²) >= 11 is 0. The fraction of sp³-hybridized carbons (Fsp3) is 0.556. The molecule has 0 aromatic heterocycles. The number of nitrogens with zero attached hydrogens (tertiary/aromatic N) is 1. The van der Waals surface area contributed by atoms with Crippen molar-refractivity contribution >= 4 is 11.8 Å². The summed E-state index contributed by atoms with van der Waals surface area (Å²) in [7, 11) is 0. The maximum Gasteiger partial charge on any atom is 0.225 e. The van der Waals surface area contributed by atoms with Crippen LogP contribution in [0.3, 0.4) is 0 Å². The van der Waals surface area contributed by atoms with Gasteiger partial charge in [0.2, 0.25) is 11.8 Å². The van der Waals surface area contributed by atoms with E-state index in [1.807, 2.05) is 4.90 Å².